The molecule has 8 heteroatoms. The number of hydrogen-bond acceptors (Lipinski definition) is 4. The van der Waals surface area contributed by atoms with Crippen LogP contribution in [0.3, 0.4) is 0 Å². The van der Waals surface area contributed by atoms with E-state index < -0.39 is 34.8 Å². The molecule has 0 aliphatic carbocycles. The Hall–Kier alpha value is -1.67. The first-order chi connectivity index (χ1) is 8.43. The van der Waals surface area contributed by atoms with Gasteiger partial charge in [-0.3, -0.25) is 4.79 Å². The van der Waals surface area contributed by atoms with Crippen LogP contribution < -0.4 is 0 Å². The van der Waals surface area contributed by atoms with E-state index in [2.05, 4.69) is 0 Å². The molecule has 0 radical (unpaired) electrons. The second-order valence-corrected chi connectivity index (χ2v) is 4.73. The van der Waals surface area contributed by atoms with Gasteiger partial charge in [0.15, 0.2) is 21.4 Å². The molecule has 2 aromatic rings. The molecule has 0 fully saturated rings. The molecule has 0 saturated heterocycles. The Kier molecular flexibility index (Phi) is 3.22. The SMILES string of the molecule is O=C(c1ccc(F)c(F)c1F)n1c(O)csc1=S. The van der Waals surface area contributed by atoms with Gasteiger partial charge in [0.1, 0.15) is 0 Å². The molecule has 18 heavy (non-hydrogen) atoms. The second kappa shape index (κ2) is 4.54. The normalized spacial score (nSPS) is 10.6. The third kappa shape index (κ3) is 1.93. The highest BCUT2D eigenvalue weighted by Gasteiger charge is 2.22. The van der Waals surface area contributed by atoms with Gasteiger partial charge in [-0.1, -0.05) is 0 Å². The summed E-state index contributed by atoms with van der Waals surface area (Å²) in [5.41, 5.74) is -0.710. The summed E-state index contributed by atoms with van der Waals surface area (Å²) in [6.45, 7) is 0. The number of benzene rings is 1. The molecule has 0 aliphatic heterocycles. The summed E-state index contributed by atoms with van der Waals surface area (Å²) in [5.74, 6) is -6.31. The number of halogens is 3. The smallest absolute Gasteiger partial charge is 0.269 e. The zero-order valence-corrected chi connectivity index (χ0v) is 10.1. The van der Waals surface area contributed by atoms with Gasteiger partial charge in [0.05, 0.1) is 10.9 Å². The minimum absolute atomic E-state index is 0.0263. The van der Waals surface area contributed by atoms with Crippen molar-refractivity contribution < 1.29 is 23.1 Å². The van der Waals surface area contributed by atoms with Crippen molar-refractivity contribution in [3.05, 3.63) is 44.5 Å². The van der Waals surface area contributed by atoms with Gasteiger partial charge in [-0.25, -0.2) is 17.7 Å². The predicted molar refractivity (Wildman–Crippen MR) is 60.9 cm³/mol. The number of nitrogens with zero attached hydrogens (tertiary/aromatic N) is 1. The maximum absolute atomic E-state index is 13.4. The summed E-state index contributed by atoms with van der Waals surface area (Å²) in [7, 11) is 0. The van der Waals surface area contributed by atoms with Crippen molar-refractivity contribution in [1.82, 2.24) is 4.57 Å². The first kappa shape index (κ1) is 12.8. The Morgan fingerprint density at radius 2 is 1.94 bits per heavy atom. The topological polar surface area (TPSA) is 42.2 Å². The summed E-state index contributed by atoms with van der Waals surface area (Å²) in [5, 5.41) is 10.6. The van der Waals surface area contributed by atoms with Gasteiger partial charge >= 0.3 is 0 Å². The van der Waals surface area contributed by atoms with Gasteiger partial charge < -0.3 is 5.11 Å². The lowest BCUT2D eigenvalue weighted by Crippen LogP contribution is -2.14. The first-order valence-corrected chi connectivity index (χ1v) is 5.80. The largest absolute Gasteiger partial charge is 0.494 e. The van der Waals surface area contributed by atoms with Crippen LogP contribution in [-0.2, 0) is 0 Å². The van der Waals surface area contributed by atoms with Crippen LogP contribution in [0.25, 0.3) is 0 Å². The Bertz CT molecular complexity index is 693. The number of aromatic nitrogens is 1. The molecule has 1 N–H and O–H groups in total. The van der Waals surface area contributed by atoms with Crippen LogP contribution in [-0.4, -0.2) is 15.6 Å². The van der Waals surface area contributed by atoms with E-state index in [9.17, 15) is 23.1 Å². The zero-order chi connectivity index (χ0) is 13.4. The lowest BCUT2D eigenvalue weighted by molar-refractivity contribution is 0.0945. The predicted octanol–water partition coefficient (Wildman–Crippen LogP) is 3.09. The van der Waals surface area contributed by atoms with E-state index in [0.29, 0.717) is 10.6 Å². The second-order valence-electron chi connectivity index (χ2n) is 3.22. The number of carbonyl (C=O) groups excluding carboxylic acids is 1. The van der Waals surface area contributed by atoms with Crippen LogP contribution in [0.2, 0.25) is 0 Å². The zero-order valence-electron chi connectivity index (χ0n) is 8.49. The fraction of sp³-hybridized carbons (Fsp3) is 0. The minimum atomic E-state index is -1.75. The molecule has 0 aliphatic rings. The van der Waals surface area contributed by atoms with Crippen LogP contribution in [0, 0.1) is 21.4 Å². The molecule has 0 amide bonds. The average Bonchev–Trinajstić information content (AvgIpc) is 2.65. The van der Waals surface area contributed by atoms with Crippen LogP contribution in [0.5, 0.6) is 5.88 Å². The van der Waals surface area contributed by atoms with Crippen molar-refractivity contribution in [2.75, 3.05) is 0 Å². The molecule has 1 aromatic carbocycles. The van der Waals surface area contributed by atoms with Crippen molar-refractivity contribution in [2.45, 2.75) is 0 Å². The Morgan fingerprint density at radius 3 is 2.50 bits per heavy atom. The molecule has 1 heterocycles. The molecule has 0 saturated carbocycles. The van der Waals surface area contributed by atoms with Crippen molar-refractivity contribution in [2.24, 2.45) is 0 Å². The monoisotopic (exact) mass is 291 g/mol. The maximum atomic E-state index is 13.4. The average molecular weight is 291 g/mol. The fourth-order valence-corrected chi connectivity index (χ4v) is 2.21. The number of carbonyl (C=O) groups is 1. The molecule has 2 rings (SSSR count). The minimum Gasteiger partial charge on any atom is -0.494 e. The first-order valence-electron chi connectivity index (χ1n) is 4.51. The molecule has 0 bridgehead atoms. The standard InChI is InChI=1S/C10H4F3NO2S2/c11-5-2-1-4(7(12)8(5)13)9(16)14-6(15)3-18-10(14)17/h1-3,15H. The quantitative estimate of drug-likeness (QED) is 0.648. The van der Waals surface area contributed by atoms with Gasteiger partial charge in [0, 0.05) is 0 Å². The van der Waals surface area contributed by atoms with Crippen molar-refractivity contribution in [3.8, 4) is 5.88 Å². The highest BCUT2D eigenvalue weighted by atomic mass is 32.1. The van der Waals surface area contributed by atoms with Gasteiger partial charge in [-0.05, 0) is 24.4 Å². The number of hydrogen-bond donors (Lipinski definition) is 1. The van der Waals surface area contributed by atoms with E-state index in [1.165, 1.54) is 5.38 Å². The molecule has 94 valence electrons. The van der Waals surface area contributed by atoms with E-state index in [4.69, 9.17) is 12.2 Å². The third-order valence-corrected chi connectivity index (χ3v) is 3.33. The molecule has 1 aromatic heterocycles. The van der Waals surface area contributed by atoms with E-state index >= 15 is 0 Å². The Morgan fingerprint density at radius 1 is 1.28 bits per heavy atom. The summed E-state index contributed by atoms with van der Waals surface area (Å²) >= 11 is 5.65. The van der Waals surface area contributed by atoms with E-state index in [1.807, 2.05) is 0 Å². The van der Waals surface area contributed by atoms with Crippen molar-refractivity contribution >= 4 is 29.5 Å². The van der Waals surface area contributed by atoms with Gasteiger partial charge in [0.25, 0.3) is 5.91 Å². The van der Waals surface area contributed by atoms with Gasteiger partial charge in [-0.15, -0.1) is 11.3 Å². The molecular weight excluding hydrogens is 287 g/mol. The highest BCUT2D eigenvalue weighted by Crippen LogP contribution is 2.22. The molecular formula is C10H4F3NO2S2. The lowest BCUT2D eigenvalue weighted by atomic mass is 10.2. The summed E-state index contributed by atoms with van der Waals surface area (Å²) in [6.07, 6.45) is 0. The van der Waals surface area contributed by atoms with E-state index in [1.54, 1.807) is 0 Å². The third-order valence-electron chi connectivity index (χ3n) is 2.15. The number of aromatic hydroxyl groups is 1. The highest BCUT2D eigenvalue weighted by molar-refractivity contribution is 7.73. The molecule has 3 nitrogen and oxygen atoms in total. The molecule has 0 atom stereocenters. The van der Waals surface area contributed by atoms with Crippen molar-refractivity contribution in [1.29, 1.82) is 0 Å². The Labute approximate surface area is 108 Å². The molecule has 0 unspecified atom stereocenters. The summed E-state index contributed by atoms with van der Waals surface area (Å²) < 4.78 is 39.7. The van der Waals surface area contributed by atoms with Crippen LogP contribution in [0.4, 0.5) is 13.2 Å². The number of thiazole rings is 1. The van der Waals surface area contributed by atoms with Gasteiger partial charge in [-0.2, -0.15) is 0 Å². The molecule has 0 spiro atoms. The van der Waals surface area contributed by atoms with Crippen LogP contribution >= 0.6 is 23.6 Å². The Balaban J connectivity index is 2.61. The fourth-order valence-electron chi connectivity index (χ4n) is 1.30. The summed E-state index contributed by atoms with van der Waals surface area (Å²) in [4.78, 5) is 11.8. The van der Waals surface area contributed by atoms with Gasteiger partial charge in [0.2, 0.25) is 5.88 Å². The lowest BCUT2D eigenvalue weighted by Gasteiger charge is -2.05. The maximum Gasteiger partial charge on any atom is 0.269 e. The van der Waals surface area contributed by atoms with E-state index in [-0.39, 0.29) is 3.95 Å². The number of rotatable bonds is 1. The summed E-state index contributed by atoms with van der Waals surface area (Å²) in [6, 6.07) is 1.41. The van der Waals surface area contributed by atoms with E-state index in [0.717, 1.165) is 17.4 Å². The van der Waals surface area contributed by atoms with Crippen LogP contribution in [0.15, 0.2) is 17.5 Å². The van der Waals surface area contributed by atoms with Crippen LogP contribution in [0.1, 0.15) is 10.4 Å². The van der Waals surface area contributed by atoms with Crippen molar-refractivity contribution in [3.63, 3.8) is 0 Å².